The van der Waals surface area contributed by atoms with E-state index in [1.54, 1.807) is 0 Å². The Morgan fingerprint density at radius 2 is 1.29 bits per heavy atom. The molecule has 12 heteroatoms. The molecule has 0 aromatic rings. The molecule has 0 spiro atoms. The standard InChI is InChI=1S/C19H36N2O5.H2O4S/c1-15(2)8-7-11-16(23)9-5-3-4-6-10-17(24)12-13-21(26)19(25)18(20)14-22;1-5(2,3)4/h15,18,22,26H,3-14,20H2,1-2H3;(H2,1,2,3,4)/t18-;/m1./s1. The second-order valence-electron chi connectivity index (χ2n) is 7.73. The van der Waals surface area contributed by atoms with Gasteiger partial charge in [-0.05, 0) is 25.2 Å². The number of unbranched alkanes of at least 4 members (excludes halogenated alkanes) is 3. The van der Waals surface area contributed by atoms with Crippen LogP contribution in [0.2, 0.25) is 0 Å². The van der Waals surface area contributed by atoms with Crippen molar-refractivity contribution in [2.24, 2.45) is 11.7 Å². The number of carbonyl (C=O) groups excluding carboxylic acids is 3. The zero-order valence-corrected chi connectivity index (χ0v) is 19.2. The Morgan fingerprint density at radius 3 is 1.71 bits per heavy atom. The molecule has 0 aromatic carbocycles. The first-order valence-corrected chi connectivity index (χ1v) is 11.8. The van der Waals surface area contributed by atoms with Crippen molar-refractivity contribution in [1.82, 2.24) is 5.06 Å². The van der Waals surface area contributed by atoms with Gasteiger partial charge in [-0.1, -0.05) is 33.1 Å². The summed E-state index contributed by atoms with van der Waals surface area (Å²) in [7, 11) is -4.67. The zero-order chi connectivity index (χ0) is 24.4. The van der Waals surface area contributed by atoms with Gasteiger partial charge in [-0.3, -0.25) is 28.7 Å². The molecule has 0 aliphatic rings. The highest BCUT2D eigenvalue weighted by atomic mass is 32.3. The molecule has 0 radical (unpaired) electrons. The average Bonchev–Trinajstić information content (AvgIpc) is 2.65. The fraction of sp³-hybridized carbons (Fsp3) is 0.842. The first-order valence-electron chi connectivity index (χ1n) is 10.4. The second kappa shape index (κ2) is 18.2. The molecule has 0 rings (SSSR count). The van der Waals surface area contributed by atoms with Crippen LogP contribution in [0.4, 0.5) is 0 Å². The molecule has 184 valence electrons. The van der Waals surface area contributed by atoms with E-state index in [0.717, 1.165) is 38.5 Å². The number of nitrogens with two attached hydrogens (primary N) is 1. The summed E-state index contributed by atoms with van der Waals surface area (Å²) in [5.41, 5.74) is 5.30. The minimum atomic E-state index is -4.67. The highest BCUT2D eigenvalue weighted by Crippen LogP contribution is 2.11. The smallest absolute Gasteiger partial charge is 0.394 e. The molecule has 6 N–H and O–H groups in total. The normalized spacial score (nSPS) is 12.1. The fourth-order valence-electron chi connectivity index (χ4n) is 2.57. The van der Waals surface area contributed by atoms with E-state index in [0.29, 0.717) is 36.0 Å². The maximum absolute atomic E-state index is 11.7. The van der Waals surface area contributed by atoms with Crippen LogP contribution in [0.1, 0.15) is 78.1 Å². The van der Waals surface area contributed by atoms with Crippen LogP contribution >= 0.6 is 0 Å². The van der Waals surface area contributed by atoms with Crippen LogP contribution in [0.5, 0.6) is 0 Å². The van der Waals surface area contributed by atoms with Crippen molar-refractivity contribution < 1.29 is 42.2 Å². The summed E-state index contributed by atoms with van der Waals surface area (Å²) in [6.07, 6.45) is 7.26. The molecule has 0 bridgehead atoms. The van der Waals surface area contributed by atoms with Crippen molar-refractivity contribution >= 4 is 27.9 Å². The number of carbonyl (C=O) groups is 3. The maximum Gasteiger partial charge on any atom is 0.394 e. The van der Waals surface area contributed by atoms with Gasteiger partial charge in [0.05, 0.1) is 13.2 Å². The summed E-state index contributed by atoms with van der Waals surface area (Å²) in [6.45, 7) is 3.65. The molecule has 0 saturated heterocycles. The number of hydrogen-bond acceptors (Lipinski definition) is 8. The molecular weight excluding hydrogens is 432 g/mol. The van der Waals surface area contributed by atoms with E-state index in [2.05, 4.69) is 13.8 Å². The Labute approximate surface area is 184 Å². The molecule has 0 unspecified atom stereocenters. The minimum Gasteiger partial charge on any atom is -0.394 e. The van der Waals surface area contributed by atoms with Crippen molar-refractivity contribution in [2.75, 3.05) is 13.2 Å². The lowest BCUT2D eigenvalue weighted by atomic mass is 10.0. The van der Waals surface area contributed by atoms with Crippen molar-refractivity contribution in [3.8, 4) is 0 Å². The molecule has 1 amide bonds. The van der Waals surface area contributed by atoms with Gasteiger partial charge in [0, 0.05) is 25.7 Å². The van der Waals surface area contributed by atoms with Gasteiger partial charge in [-0.15, -0.1) is 0 Å². The highest BCUT2D eigenvalue weighted by molar-refractivity contribution is 7.79. The van der Waals surface area contributed by atoms with Gasteiger partial charge in [0.25, 0.3) is 5.91 Å². The summed E-state index contributed by atoms with van der Waals surface area (Å²) in [6, 6.07) is -1.16. The molecule has 0 saturated carbocycles. The predicted octanol–water partition coefficient (Wildman–Crippen LogP) is 1.57. The highest BCUT2D eigenvalue weighted by Gasteiger charge is 2.19. The zero-order valence-electron chi connectivity index (χ0n) is 18.4. The molecule has 0 aliphatic heterocycles. The van der Waals surface area contributed by atoms with Gasteiger partial charge in [0.15, 0.2) is 0 Å². The van der Waals surface area contributed by atoms with E-state index in [4.69, 9.17) is 28.4 Å². The van der Waals surface area contributed by atoms with Gasteiger partial charge in [-0.25, -0.2) is 5.06 Å². The summed E-state index contributed by atoms with van der Waals surface area (Å²) in [5, 5.41) is 18.6. The fourth-order valence-corrected chi connectivity index (χ4v) is 2.57. The van der Waals surface area contributed by atoms with Crippen LogP contribution in [0, 0.1) is 5.92 Å². The molecule has 0 aliphatic carbocycles. The topological polar surface area (TPSA) is 196 Å². The van der Waals surface area contributed by atoms with E-state index in [1.807, 2.05) is 0 Å². The van der Waals surface area contributed by atoms with Crippen LogP contribution in [0.3, 0.4) is 0 Å². The van der Waals surface area contributed by atoms with Crippen LogP contribution in [0.25, 0.3) is 0 Å². The largest absolute Gasteiger partial charge is 0.394 e. The molecule has 0 fully saturated rings. The van der Waals surface area contributed by atoms with Crippen LogP contribution in [0.15, 0.2) is 0 Å². The van der Waals surface area contributed by atoms with Crippen LogP contribution in [-0.4, -0.2) is 69.6 Å². The Morgan fingerprint density at radius 1 is 0.871 bits per heavy atom. The summed E-state index contributed by atoms with van der Waals surface area (Å²) in [4.78, 5) is 34.9. The first kappa shape index (κ1) is 31.7. The number of ketones is 2. The quantitative estimate of drug-likeness (QED) is 0.0955. The van der Waals surface area contributed by atoms with E-state index >= 15 is 0 Å². The molecule has 31 heavy (non-hydrogen) atoms. The molecule has 11 nitrogen and oxygen atoms in total. The Kier molecular flexibility index (Phi) is 18.6. The van der Waals surface area contributed by atoms with Crippen LogP contribution < -0.4 is 5.73 Å². The van der Waals surface area contributed by atoms with E-state index in [9.17, 15) is 19.6 Å². The Balaban J connectivity index is 0. The summed E-state index contributed by atoms with van der Waals surface area (Å²) in [5.74, 6) is 0.149. The number of nitrogens with zero attached hydrogens (tertiary/aromatic N) is 1. The van der Waals surface area contributed by atoms with Crippen LogP contribution in [-0.2, 0) is 24.8 Å². The second-order valence-corrected chi connectivity index (χ2v) is 8.62. The number of rotatable bonds is 16. The Hall–Kier alpha value is -1.44. The van der Waals surface area contributed by atoms with E-state index < -0.39 is 29.0 Å². The third-order valence-corrected chi connectivity index (χ3v) is 4.27. The van der Waals surface area contributed by atoms with Gasteiger partial charge in [0.1, 0.15) is 17.6 Å². The maximum atomic E-state index is 11.7. The first-order chi connectivity index (χ1) is 14.3. The molecule has 1 atom stereocenters. The monoisotopic (exact) mass is 470 g/mol. The third-order valence-electron chi connectivity index (χ3n) is 4.27. The number of amides is 1. The minimum absolute atomic E-state index is 0.0285. The molecule has 0 aromatic heterocycles. The number of hydrogen-bond donors (Lipinski definition) is 5. The van der Waals surface area contributed by atoms with Gasteiger partial charge < -0.3 is 10.8 Å². The third kappa shape index (κ3) is 24.7. The SMILES string of the molecule is CC(C)CCCC(=O)CCCCCCC(=O)CCN(O)C(=O)[C@H](N)CO.O=S(=O)(O)O. The number of aliphatic hydroxyl groups is 1. The predicted molar refractivity (Wildman–Crippen MR) is 114 cm³/mol. The Bertz CT molecular complexity index is 616. The number of aliphatic hydroxyl groups excluding tert-OH is 1. The van der Waals surface area contributed by atoms with E-state index in [1.165, 1.54) is 0 Å². The summed E-state index contributed by atoms with van der Waals surface area (Å²) < 4.78 is 31.6. The van der Waals surface area contributed by atoms with Crippen molar-refractivity contribution in [2.45, 2.75) is 84.1 Å². The average molecular weight is 471 g/mol. The van der Waals surface area contributed by atoms with E-state index in [-0.39, 0.29) is 18.7 Å². The molecule has 0 heterocycles. The number of hydroxylamine groups is 2. The van der Waals surface area contributed by atoms with Gasteiger partial charge in [0.2, 0.25) is 0 Å². The summed E-state index contributed by atoms with van der Waals surface area (Å²) >= 11 is 0. The lowest BCUT2D eigenvalue weighted by Gasteiger charge is -2.17. The molecular formula is C19H38N2O9S. The van der Waals surface area contributed by atoms with Crippen molar-refractivity contribution in [3.05, 3.63) is 0 Å². The van der Waals surface area contributed by atoms with Gasteiger partial charge >= 0.3 is 10.4 Å². The lowest BCUT2D eigenvalue weighted by Crippen LogP contribution is -2.44. The lowest BCUT2D eigenvalue weighted by molar-refractivity contribution is -0.168. The van der Waals surface area contributed by atoms with Gasteiger partial charge in [-0.2, -0.15) is 8.42 Å². The van der Waals surface area contributed by atoms with Crippen molar-refractivity contribution in [3.63, 3.8) is 0 Å². The number of Topliss-reactive ketones (excluding diaryl/α,β-unsaturated/α-hetero) is 2. The van der Waals surface area contributed by atoms with Crippen molar-refractivity contribution in [1.29, 1.82) is 0 Å².